The van der Waals surface area contributed by atoms with Crippen molar-refractivity contribution in [3.8, 4) is 22.7 Å². The zero-order valence-corrected chi connectivity index (χ0v) is 48.8. The largest absolute Gasteiger partial charge is 1.00 e. The molecule has 408 valence electrons. The van der Waals surface area contributed by atoms with Crippen LogP contribution in [0.25, 0.3) is 22.7 Å². The van der Waals surface area contributed by atoms with Crippen LogP contribution in [0.5, 0.6) is 0 Å². The zero-order chi connectivity index (χ0) is 55.4. The van der Waals surface area contributed by atoms with Gasteiger partial charge in [0.1, 0.15) is 10.8 Å². The number of rotatable bonds is 18. The Bertz CT molecular complexity index is 3010. The number of carbonyl (C=O) groups excluding carboxylic acids is 2. The van der Waals surface area contributed by atoms with Crippen LogP contribution in [0.1, 0.15) is 129 Å². The minimum Gasteiger partial charge on any atom is -0.468 e. The van der Waals surface area contributed by atoms with Crippen LogP contribution in [-0.4, -0.2) is 86.7 Å². The van der Waals surface area contributed by atoms with Gasteiger partial charge in [-0.2, -0.15) is 20.4 Å². The number of hydrogen-bond acceptors (Lipinski definition) is 10. The second kappa shape index (κ2) is 24.5. The van der Waals surface area contributed by atoms with E-state index in [1.807, 2.05) is 198 Å². The summed E-state index contributed by atoms with van der Waals surface area (Å²) in [4.78, 5) is 25.3. The van der Waals surface area contributed by atoms with Gasteiger partial charge in [0, 0.05) is 10.8 Å². The van der Waals surface area contributed by atoms with E-state index in [1.54, 1.807) is 9.36 Å². The smallest absolute Gasteiger partial charge is 0.468 e. The summed E-state index contributed by atoms with van der Waals surface area (Å²) in [6.07, 6.45) is 2.58. The second-order valence-corrected chi connectivity index (χ2v) is 22.7. The van der Waals surface area contributed by atoms with Crippen molar-refractivity contribution in [3.63, 3.8) is 0 Å². The molecule has 0 unspecified atom stereocenters. The van der Waals surface area contributed by atoms with Gasteiger partial charge in [0.25, 0.3) is 0 Å². The summed E-state index contributed by atoms with van der Waals surface area (Å²) in [7, 11) is 2.79. The fourth-order valence-electron chi connectivity index (χ4n) is 8.91. The topological polar surface area (TPSA) is 164 Å². The Morgan fingerprint density at radius 1 is 0.397 bits per heavy atom. The van der Waals surface area contributed by atoms with Gasteiger partial charge in [-0.3, -0.25) is 9.59 Å². The molecule has 0 saturated heterocycles. The Hall–Kier alpha value is -6.82. The predicted molar refractivity (Wildman–Crippen MR) is 304 cm³/mol. The minimum atomic E-state index is -0.942. The number of carbonyl (C=O) groups is 2. The van der Waals surface area contributed by atoms with Crippen LogP contribution in [0.2, 0.25) is 0 Å². The molecule has 0 amide bonds. The number of nitrogens with zero attached hydrogens (tertiary/aromatic N) is 8. The average molecular weight is 1050 g/mol. The number of methoxy groups -OCH3 is 2. The van der Waals surface area contributed by atoms with Crippen molar-refractivity contribution in [2.24, 2.45) is 0 Å². The SMILES string of the molecule is CC(C)(O)C(C)(C)c1cc(CCc2cc(C(C)(C)C(C)(C)O)n(-c3ccccc3)n2)nn1-c1ccccc1.COC(=O)C(C)(C)c1cc(CCc2cc(C(C)(C)C(=O)OC)n(-c3ccccc3)n2)nn1-c1ccccc1.[CH3-].[Li+]. The van der Waals surface area contributed by atoms with Gasteiger partial charge in [0.2, 0.25) is 0 Å². The normalized spacial score (nSPS) is 12.2. The van der Waals surface area contributed by atoms with Gasteiger partial charge in [0.15, 0.2) is 0 Å². The number of para-hydroxylation sites is 4. The molecule has 15 heteroatoms. The third-order valence-electron chi connectivity index (χ3n) is 15.3. The van der Waals surface area contributed by atoms with Crippen molar-refractivity contribution in [3.05, 3.63) is 199 Å². The molecule has 0 aliphatic heterocycles. The summed E-state index contributed by atoms with van der Waals surface area (Å²) in [5.41, 5.74) is 5.85. The number of aliphatic hydroxyl groups is 2. The monoisotopic (exact) mass is 1050 g/mol. The van der Waals surface area contributed by atoms with E-state index in [2.05, 4.69) is 39.8 Å². The van der Waals surface area contributed by atoms with Crippen LogP contribution >= 0.6 is 0 Å². The molecule has 4 aromatic heterocycles. The number of benzene rings is 4. The maximum Gasteiger partial charge on any atom is 1.00 e. The van der Waals surface area contributed by atoms with E-state index >= 15 is 0 Å². The van der Waals surface area contributed by atoms with Crippen LogP contribution in [0.15, 0.2) is 146 Å². The van der Waals surface area contributed by atoms with Gasteiger partial charge < -0.3 is 27.1 Å². The minimum absolute atomic E-state index is 0. The molecule has 0 bridgehead atoms. The second-order valence-electron chi connectivity index (χ2n) is 22.7. The summed E-state index contributed by atoms with van der Waals surface area (Å²) in [5.74, 6) is -0.671. The summed E-state index contributed by atoms with van der Waals surface area (Å²) < 4.78 is 17.7. The third-order valence-corrected chi connectivity index (χ3v) is 15.3. The van der Waals surface area contributed by atoms with Crippen molar-refractivity contribution < 1.29 is 48.1 Å². The predicted octanol–water partition coefficient (Wildman–Crippen LogP) is 8.14. The maximum absolute atomic E-state index is 12.6. The van der Waals surface area contributed by atoms with Crippen molar-refractivity contribution in [2.45, 2.75) is 142 Å². The zero-order valence-electron chi connectivity index (χ0n) is 48.8. The van der Waals surface area contributed by atoms with Crippen molar-refractivity contribution in [2.75, 3.05) is 14.2 Å². The van der Waals surface area contributed by atoms with Gasteiger partial charge in [-0.15, -0.1) is 0 Å². The Labute approximate surface area is 474 Å². The number of aryl methyl sites for hydroxylation is 4. The molecule has 0 atom stereocenters. The average Bonchev–Trinajstić information content (AvgIpc) is 4.24. The first-order valence-corrected chi connectivity index (χ1v) is 25.9. The van der Waals surface area contributed by atoms with Gasteiger partial charge in [-0.25, -0.2) is 18.7 Å². The molecule has 0 aliphatic carbocycles. The molecule has 2 N–H and O–H groups in total. The molecular weight excluding hydrogens is 972 g/mol. The number of esters is 2. The third kappa shape index (κ3) is 13.0. The van der Waals surface area contributed by atoms with E-state index in [4.69, 9.17) is 29.9 Å². The molecule has 0 saturated carbocycles. The Balaban J connectivity index is 0.000000280. The van der Waals surface area contributed by atoms with Gasteiger partial charge in [-0.1, -0.05) is 100 Å². The molecule has 0 fully saturated rings. The van der Waals surface area contributed by atoms with Crippen LogP contribution in [0.4, 0.5) is 0 Å². The summed E-state index contributed by atoms with van der Waals surface area (Å²) in [6, 6.07) is 47.7. The Morgan fingerprint density at radius 2 is 0.603 bits per heavy atom. The first-order valence-electron chi connectivity index (χ1n) is 25.9. The van der Waals surface area contributed by atoms with E-state index in [0.29, 0.717) is 25.7 Å². The van der Waals surface area contributed by atoms with Crippen LogP contribution in [0.3, 0.4) is 0 Å². The van der Waals surface area contributed by atoms with E-state index in [1.165, 1.54) is 14.2 Å². The van der Waals surface area contributed by atoms with Crippen LogP contribution < -0.4 is 18.9 Å². The summed E-state index contributed by atoms with van der Waals surface area (Å²) in [6.45, 7) is 22.9. The van der Waals surface area contributed by atoms with E-state index in [9.17, 15) is 19.8 Å². The van der Waals surface area contributed by atoms with Gasteiger partial charge in [0.05, 0.1) is 93.7 Å². The molecule has 4 heterocycles. The van der Waals surface area contributed by atoms with Crippen molar-refractivity contribution in [1.82, 2.24) is 39.1 Å². The standard InChI is InChI=1S/C32H42N4O2.C30H34N4O4.CH3.Li/c1-29(2,31(5,6)37)27-21-23(33-35(27)25-15-11-9-12-16-25)19-20-24-22-28(30(3,4)32(7,8)38)36(34-24)26-17-13-10-14-18-26;1-29(2,27(35)37-5)25-19-21(31-33(25)23-13-9-7-10-14-23)17-18-22-20-26(30(3,4)28(36)38-6)34(32-22)24-15-11-8-12-16-24;;/h9-18,21-22,37-38H,19-20H2,1-8H3;7-16,19-20H,17-18H2,1-6H3;1H3;/q;;-1;+1. The molecule has 8 rings (SSSR count). The van der Waals surface area contributed by atoms with E-state index < -0.39 is 32.9 Å². The van der Waals surface area contributed by atoms with Gasteiger partial charge in [-0.05, 0) is 154 Å². The van der Waals surface area contributed by atoms with Crippen LogP contribution in [0, 0.1) is 7.43 Å². The molecule has 0 aliphatic rings. The Morgan fingerprint density at radius 3 is 0.808 bits per heavy atom. The fourth-order valence-corrected chi connectivity index (χ4v) is 8.91. The molecule has 4 aromatic carbocycles. The van der Waals surface area contributed by atoms with Crippen LogP contribution in [-0.2, 0) is 66.4 Å². The molecule has 14 nitrogen and oxygen atoms in total. The summed E-state index contributed by atoms with van der Waals surface area (Å²) in [5, 5.41) is 41.7. The molecular formula is C63H79LiN8O6. The fraction of sp³-hybridized carbons (Fsp3) is 0.381. The number of ether oxygens (including phenoxy) is 2. The number of hydrogen-bond donors (Lipinski definition) is 2. The summed E-state index contributed by atoms with van der Waals surface area (Å²) >= 11 is 0. The van der Waals surface area contributed by atoms with E-state index in [-0.39, 0.29) is 38.2 Å². The first-order chi connectivity index (χ1) is 35.7. The molecule has 78 heavy (non-hydrogen) atoms. The maximum atomic E-state index is 12.6. The first kappa shape index (κ1) is 62.0. The van der Waals surface area contributed by atoms with Gasteiger partial charge >= 0.3 is 30.8 Å². The van der Waals surface area contributed by atoms with Crippen molar-refractivity contribution >= 4 is 11.9 Å². The van der Waals surface area contributed by atoms with E-state index in [0.717, 1.165) is 68.3 Å². The number of aromatic nitrogens is 8. The molecule has 8 aromatic rings. The molecule has 0 radical (unpaired) electrons. The quantitative estimate of drug-likeness (QED) is 0.0487. The molecule has 0 spiro atoms. The van der Waals surface area contributed by atoms with Crippen molar-refractivity contribution in [1.29, 1.82) is 0 Å². The Kier molecular flexibility index (Phi) is 19.4.